The fraction of sp³-hybridized carbons (Fsp3) is 0.500. The van der Waals surface area contributed by atoms with Gasteiger partial charge in [-0.1, -0.05) is 0 Å². The molecular weight excluding hydrogens is 244 g/mol. The molecule has 1 aliphatic heterocycles. The lowest BCUT2D eigenvalue weighted by Crippen LogP contribution is -2.33. The second kappa shape index (κ2) is 4.99. The third-order valence-corrected chi connectivity index (χ3v) is 3.47. The van der Waals surface area contributed by atoms with Gasteiger partial charge >= 0.3 is 0 Å². The van der Waals surface area contributed by atoms with E-state index in [0.717, 1.165) is 30.0 Å². The Kier molecular flexibility index (Phi) is 3.19. The van der Waals surface area contributed by atoms with Crippen LogP contribution >= 0.6 is 0 Å². The minimum absolute atomic E-state index is 0.123. The number of likely N-dealkylation sites (N-methyl/N-ethyl adjacent to an activating group) is 1. The molecule has 1 heterocycles. The van der Waals surface area contributed by atoms with Gasteiger partial charge < -0.3 is 19.7 Å². The number of anilines is 1. The van der Waals surface area contributed by atoms with Crippen LogP contribution in [0.2, 0.25) is 0 Å². The van der Waals surface area contributed by atoms with Crippen LogP contribution in [0, 0.1) is 0 Å². The van der Waals surface area contributed by atoms with E-state index < -0.39 is 0 Å². The van der Waals surface area contributed by atoms with Crippen LogP contribution in [0.1, 0.15) is 12.8 Å². The normalized spacial score (nSPS) is 16.9. The van der Waals surface area contributed by atoms with Gasteiger partial charge in [-0.2, -0.15) is 0 Å². The Balaban J connectivity index is 1.58. The molecule has 0 unspecified atom stereocenters. The van der Waals surface area contributed by atoms with Crippen LogP contribution in [0.15, 0.2) is 18.2 Å². The zero-order chi connectivity index (χ0) is 13.2. The molecule has 1 amide bonds. The number of carbonyl (C=O) groups is 1. The number of nitrogens with one attached hydrogen (secondary N) is 1. The first-order valence-electron chi connectivity index (χ1n) is 6.63. The molecule has 3 rings (SSSR count). The molecule has 5 heteroatoms. The Bertz CT molecular complexity index is 486. The molecule has 2 aliphatic rings. The Morgan fingerprint density at radius 3 is 2.79 bits per heavy atom. The Hall–Kier alpha value is -1.91. The molecule has 102 valence electrons. The molecule has 1 aromatic rings. The summed E-state index contributed by atoms with van der Waals surface area (Å²) in [6, 6.07) is 6.09. The van der Waals surface area contributed by atoms with Crippen LogP contribution in [0.5, 0.6) is 11.5 Å². The molecule has 19 heavy (non-hydrogen) atoms. The Morgan fingerprint density at radius 2 is 2.05 bits per heavy atom. The molecule has 0 atom stereocenters. The quantitative estimate of drug-likeness (QED) is 0.893. The summed E-state index contributed by atoms with van der Waals surface area (Å²) in [5, 5.41) is 3.13. The molecule has 0 saturated heterocycles. The maximum Gasteiger partial charge on any atom is 0.241 e. The summed E-state index contributed by atoms with van der Waals surface area (Å²) in [6.07, 6.45) is 2.26. The second-order valence-corrected chi connectivity index (χ2v) is 4.95. The number of nitrogens with zero attached hydrogens (tertiary/aromatic N) is 1. The van der Waals surface area contributed by atoms with E-state index >= 15 is 0 Å². The zero-order valence-corrected chi connectivity index (χ0v) is 11.0. The monoisotopic (exact) mass is 262 g/mol. The highest BCUT2D eigenvalue weighted by Crippen LogP contribution is 2.32. The van der Waals surface area contributed by atoms with Crippen molar-refractivity contribution >= 4 is 11.6 Å². The molecule has 0 radical (unpaired) electrons. The average Bonchev–Trinajstić information content (AvgIpc) is 3.28. The minimum Gasteiger partial charge on any atom is -0.486 e. The van der Waals surface area contributed by atoms with E-state index in [2.05, 4.69) is 5.32 Å². The Labute approximate surface area is 112 Å². The smallest absolute Gasteiger partial charge is 0.241 e. The van der Waals surface area contributed by atoms with Gasteiger partial charge in [0.2, 0.25) is 5.91 Å². The van der Waals surface area contributed by atoms with Gasteiger partial charge in [-0.15, -0.1) is 0 Å². The first-order chi connectivity index (χ1) is 9.24. The Morgan fingerprint density at radius 1 is 1.32 bits per heavy atom. The van der Waals surface area contributed by atoms with Gasteiger partial charge in [0.25, 0.3) is 0 Å². The number of hydrogen-bond acceptors (Lipinski definition) is 4. The number of rotatable bonds is 4. The van der Waals surface area contributed by atoms with Crippen molar-refractivity contribution in [3.05, 3.63) is 18.2 Å². The maximum absolute atomic E-state index is 11.9. The molecule has 1 saturated carbocycles. The number of ether oxygens (including phenoxy) is 2. The van der Waals surface area contributed by atoms with Crippen molar-refractivity contribution in [3.8, 4) is 11.5 Å². The highest BCUT2D eigenvalue weighted by Gasteiger charge is 2.29. The van der Waals surface area contributed by atoms with Gasteiger partial charge in [0.05, 0.1) is 6.54 Å². The molecule has 1 fully saturated rings. The molecule has 1 aliphatic carbocycles. The topological polar surface area (TPSA) is 50.8 Å². The van der Waals surface area contributed by atoms with E-state index in [9.17, 15) is 4.79 Å². The van der Waals surface area contributed by atoms with Crippen molar-refractivity contribution in [2.24, 2.45) is 0 Å². The van der Waals surface area contributed by atoms with Gasteiger partial charge in [-0.3, -0.25) is 4.79 Å². The van der Waals surface area contributed by atoms with Crippen molar-refractivity contribution < 1.29 is 14.3 Å². The van der Waals surface area contributed by atoms with Crippen LogP contribution in [-0.2, 0) is 4.79 Å². The predicted molar refractivity (Wildman–Crippen MR) is 71.7 cm³/mol. The van der Waals surface area contributed by atoms with Gasteiger partial charge in [-0.25, -0.2) is 0 Å². The van der Waals surface area contributed by atoms with Crippen molar-refractivity contribution in [2.45, 2.75) is 18.9 Å². The van der Waals surface area contributed by atoms with Crippen LogP contribution < -0.4 is 14.8 Å². The van der Waals surface area contributed by atoms with E-state index in [4.69, 9.17) is 9.47 Å². The van der Waals surface area contributed by atoms with Crippen molar-refractivity contribution in [3.63, 3.8) is 0 Å². The lowest BCUT2D eigenvalue weighted by Gasteiger charge is -2.20. The highest BCUT2D eigenvalue weighted by atomic mass is 16.6. The molecule has 5 nitrogen and oxygen atoms in total. The van der Waals surface area contributed by atoms with Crippen LogP contribution in [0.4, 0.5) is 5.69 Å². The third-order valence-electron chi connectivity index (χ3n) is 3.47. The standard InChI is InChI=1S/C14H18N2O3/c1-16(11-3-4-11)14(17)9-15-10-2-5-12-13(8-10)19-7-6-18-12/h2,5,8,11,15H,3-4,6-7,9H2,1H3. The fourth-order valence-corrected chi connectivity index (χ4v) is 2.12. The zero-order valence-electron chi connectivity index (χ0n) is 11.0. The maximum atomic E-state index is 11.9. The summed E-state index contributed by atoms with van der Waals surface area (Å²) in [7, 11) is 1.87. The second-order valence-electron chi connectivity index (χ2n) is 4.95. The van der Waals surface area contributed by atoms with E-state index in [0.29, 0.717) is 25.8 Å². The number of amides is 1. The number of benzene rings is 1. The first-order valence-corrected chi connectivity index (χ1v) is 6.63. The largest absolute Gasteiger partial charge is 0.486 e. The summed E-state index contributed by atoms with van der Waals surface area (Å²) < 4.78 is 11.0. The van der Waals surface area contributed by atoms with Crippen LogP contribution in [-0.4, -0.2) is 43.7 Å². The van der Waals surface area contributed by atoms with Crippen LogP contribution in [0.25, 0.3) is 0 Å². The van der Waals surface area contributed by atoms with Crippen molar-refractivity contribution in [1.29, 1.82) is 0 Å². The summed E-state index contributed by atoms with van der Waals surface area (Å²) in [5.41, 5.74) is 0.877. The highest BCUT2D eigenvalue weighted by molar-refractivity contribution is 5.81. The number of fused-ring (bicyclic) bond motifs is 1. The third kappa shape index (κ3) is 2.75. The summed E-state index contributed by atoms with van der Waals surface area (Å²) >= 11 is 0. The first kappa shape index (κ1) is 12.1. The molecule has 1 N–H and O–H groups in total. The number of carbonyl (C=O) groups excluding carboxylic acids is 1. The fourth-order valence-electron chi connectivity index (χ4n) is 2.12. The summed E-state index contributed by atoms with van der Waals surface area (Å²) in [4.78, 5) is 13.7. The van der Waals surface area contributed by atoms with E-state index in [1.54, 1.807) is 0 Å². The molecular formula is C14H18N2O3. The van der Waals surface area contributed by atoms with Crippen LogP contribution in [0.3, 0.4) is 0 Å². The average molecular weight is 262 g/mol. The van der Waals surface area contributed by atoms with E-state index in [-0.39, 0.29) is 5.91 Å². The van der Waals surface area contributed by atoms with Crippen molar-refractivity contribution in [2.75, 3.05) is 32.1 Å². The summed E-state index contributed by atoms with van der Waals surface area (Å²) in [6.45, 7) is 1.47. The van der Waals surface area contributed by atoms with Gasteiger partial charge in [0.1, 0.15) is 13.2 Å². The van der Waals surface area contributed by atoms with Gasteiger partial charge in [0, 0.05) is 24.8 Å². The van der Waals surface area contributed by atoms with Gasteiger partial charge in [-0.05, 0) is 25.0 Å². The lowest BCUT2D eigenvalue weighted by atomic mass is 10.2. The minimum atomic E-state index is 0.123. The molecule has 1 aromatic carbocycles. The van der Waals surface area contributed by atoms with Gasteiger partial charge in [0.15, 0.2) is 11.5 Å². The van der Waals surface area contributed by atoms with Crippen molar-refractivity contribution in [1.82, 2.24) is 4.90 Å². The van der Waals surface area contributed by atoms with E-state index in [1.807, 2.05) is 30.1 Å². The summed E-state index contributed by atoms with van der Waals surface area (Å²) in [5.74, 6) is 1.62. The molecule has 0 aromatic heterocycles. The molecule has 0 bridgehead atoms. The molecule has 0 spiro atoms. The van der Waals surface area contributed by atoms with E-state index in [1.165, 1.54) is 0 Å². The lowest BCUT2D eigenvalue weighted by molar-refractivity contribution is -0.128. The predicted octanol–water partition coefficient (Wildman–Crippen LogP) is 1.49. The SMILES string of the molecule is CN(C(=O)CNc1ccc2c(c1)OCCO2)C1CC1. The number of hydrogen-bond donors (Lipinski definition) is 1.